The van der Waals surface area contributed by atoms with Crippen LogP contribution in [-0.4, -0.2) is 19.5 Å². The highest BCUT2D eigenvalue weighted by molar-refractivity contribution is 7.92. The number of carbonyl (C=O) groups is 1. The summed E-state index contributed by atoms with van der Waals surface area (Å²) in [5, 5.41) is 8.74. The van der Waals surface area contributed by atoms with Crippen molar-refractivity contribution >= 4 is 21.7 Å². The lowest BCUT2D eigenvalue weighted by atomic mass is 10.2. The maximum absolute atomic E-state index is 12.0. The van der Waals surface area contributed by atoms with Gasteiger partial charge in [0.1, 0.15) is 0 Å². The molecule has 2 aromatic carbocycles. The number of anilines is 1. The largest absolute Gasteiger partial charge is 0.478 e. The molecule has 0 spiro atoms. The van der Waals surface area contributed by atoms with Crippen LogP contribution in [0.1, 0.15) is 10.4 Å². The van der Waals surface area contributed by atoms with E-state index in [1.165, 1.54) is 48.5 Å². The van der Waals surface area contributed by atoms with Crippen LogP contribution in [-0.2, 0) is 10.0 Å². The maximum atomic E-state index is 12.0. The molecule has 0 aliphatic rings. The summed E-state index contributed by atoms with van der Waals surface area (Å²) in [6.45, 7) is 0. The summed E-state index contributed by atoms with van der Waals surface area (Å²) in [5.74, 6) is -1.06. The number of benzene rings is 2. The second kappa shape index (κ2) is 5.11. The van der Waals surface area contributed by atoms with Crippen molar-refractivity contribution < 1.29 is 18.3 Å². The lowest BCUT2D eigenvalue weighted by Gasteiger charge is -2.07. The number of carboxylic acid groups (broad SMARTS) is 1. The Morgan fingerprint density at radius 3 is 2.16 bits per heavy atom. The summed E-state index contributed by atoms with van der Waals surface area (Å²) < 4.78 is 26.3. The molecule has 2 aromatic rings. The Labute approximate surface area is 110 Å². The number of nitrogens with one attached hydrogen (secondary N) is 1. The third kappa shape index (κ3) is 3.11. The van der Waals surface area contributed by atoms with E-state index in [0.29, 0.717) is 5.69 Å². The predicted octanol–water partition coefficient (Wildman–Crippen LogP) is 1.99. The van der Waals surface area contributed by atoms with Crippen LogP contribution in [0.4, 0.5) is 5.69 Å². The van der Waals surface area contributed by atoms with Crippen LogP contribution in [0.3, 0.4) is 0 Å². The van der Waals surface area contributed by atoms with E-state index in [-0.39, 0.29) is 10.5 Å². The van der Waals surface area contributed by atoms with Crippen molar-refractivity contribution in [3.05, 3.63) is 60.2 Å². The Bertz CT molecular complexity index is 678. The van der Waals surface area contributed by atoms with Crippen LogP contribution in [0.5, 0.6) is 0 Å². The fourth-order valence-electron chi connectivity index (χ4n) is 1.45. The van der Waals surface area contributed by atoms with Gasteiger partial charge in [-0.3, -0.25) is 4.72 Å². The minimum Gasteiger partial charge on any atom is -0.478 e. The Kier molecular flexibility index (Phi) is 3.52. The first kappa shape index (κ1) is 13.1. The van der Waals surface area contributed by atoms with Crippen LogP contribution in [0, 0.1) is 6.07 Å². The van der Waals surface area contributed by atoms with Crippen LogP contribution in [0.15, 0.2) is 53.4 Å². The molecule has 1 radical (unpaired) electrons. The van der Waals surface area contributed by atoms with Crippen molar-refractivity contribution in [3.63, 3.8) is 0 Å². The lowest BCUT2D eigenvalue weighted by Crippen LogP contribution is -2.12. The summed E-state index contributed by atoms with van der Waals surface area (Å²) in [4.78, 5) is 10.8. The fourth-order valence-corrected chi connectivity index (χ4v) is 2.50. The third-order valence-corrected chi connectivity index (χ3v) is 3.78. The summed E-state index contributed by atoms with van der Waals surface area (Å²) in [5.41, 5.74) is 0.398. The van der Waals surface area contributed by atoms with Gasteiger partial charge in [-0.25, -0.2) is 13.2 Å². The monoisotopic (exact) mass is 276 g/mol. The van der Waals surface area contributed by atoms with E-state index < -0.39 is 16.0 Å². The summed E-state index contributed by atoms with van der Waals surface area (Å²) in [6, 6.07) is 14.0. The Hall–Kier alpha value is -2.34. The number of carboxylic acids is 1. The Balaban J connectivity index is 2.24. The lowest BCUT2D eigenvalue weighted by molar-refractivity contribution is 0.0697. The highest BCUT2D eigenvalue weighted by Gasteiger charge is 2.13. The molecule has 0 fully saturated rings. The molecule has 0 aromatic heterocycles. The quantitative estimate of drug-likeness (QED) is 0.894. The number of hydrogen-bond acceptors (Lipinski definition) is 3. The van der Waals surface area contributed by atoms with Gasteiger partial charge in [0.25, 0.3) is 10.0 Å². The van der Waals surface area contributed by atoms with Crippen molar-refractivity contribution in [3.8, 4) is 0 Å². The summed E-state index contributed by atoms with van der Waals surface area (Å²) >= 11 is 0. The van der Waals surface area contributed by atoms with Gasteiger partial charge >= 0.3 is 5.97 Å². The van der Waals surface area contributed by atoms with E-state index in [0.717, 1.165) is 0 Å². The van der Waals surface area contributed by atoms with Gasteiger partial charge in [0.15, 0.2) is 0 Å². The van der Waals surface area contributed by atoms with Crippen molar-refractivity contribution in [2.45, 2.75) is 4.90 Å². The van der Waals surface area contributed by atoms with E-state index in [1.807, 2.05) is 0 Å². The first-order valence-electron chi connectivity index (χ1n) is 5.31. The fraction of sp³-hybridized carbons (Fsp3) is 0. The minimum atomic E-state index is -3.66. The molecular formula is C13H10NO4S. The van der Waals surface area contributed by atoms with E-state index in [9.17, 15) is 13.2 Å². The molecule has 19 heavy (non-hydrogen) atoms. The van der Waals surface area contributed by atoms with E-state index in [2.05, 4.69) is 10.8 Å². The molecule has 6 heteroatoms. The van der Waals surface area contributed by atoms with Crippen LogP contribution >= 0.6 is 0 Å². The molecular weight excluding hydrogens is 266 g/mol. The van der Waals surface area contributed by atoms with E-state index in [1.54, 1.807) is 0 Å². The molecule has 5 nitrogen and oxygen atoms in total. The van der Waals surface area contributed by atoms with Gasteiger partial charge in [-0.1, -0.05) is 12.1 Å². The average Bonchev–Trinajstić information content (AvgIpc) is 2.40. The number of aromatic carboxylic acids is 1. The minimum absolute atomic E-state index is 0.0947. The molecule has 0 heterocycles. The van der Waals surface area contributed by atoms with Crippen LogP contribution in [0.2, 0.25) is 0 Å². The first-order valence-corrected chi connectivity index (χ1v) is 6.80. The Morgan fingerprint density at radius 2 is 1.63 bits per heavy atom. The van der Waals surface area contributed by atoms with Gasteiger partial charge in [0.05, 0.1) is 10.5 Å². The standard InChI is InChI=1S/C13H10NO4S/c15-13(16)10-6-8-11(9-7-10)14-19(17,18)12-4-2-1-3-5-12/h2-9,14H,(H,15,16). The molecule has 0 saturated carbocycles. The molecule has 0 unspecified atom stereocenters. The number of hydrogen-bond donors (Lipinski definition) is 2. The summed E-state index contributed by atoms with van der Waals surface area (Å²) in [6.07, 6.45) is 0. The molecule has 2 N–H and O–H groups in total. The van der Waals surface area contributed by atoms with Crippen LogP contribution in [0.25, 0.3) is 0 Å². The van der Waals surface area contributed by atoms with Gasteiger partial charge in [-0.05, 0) is 42.5 Å². The topological polar surface area (TPSA) is 83.5 Å². The highest BCUT2D eigenvalue weighted by Crippen LogP contribution is 2.16. The molecule has 0 saturated heterocycles. The average molecular weight is 276 g/mol. The zero-order chi connectivity index (χ0) is 13.9. The molecule has 0 aliphatic carbocycles. The number of rotatable bonds is 4. The second-order valence-electron chi connectivity index (χ2n) is 3.72. The summed E-state index contributed by atoms with van der Waals surface area (Å²) in [7, 11) is -3.66. The third-order valence-electron chi connectivity index (χ3n) is 2.38. The van der Waals surface area contributed by atoms with E-state index >= 15 is 0 Å². The van der Waals surface area contributed by atoms with Gasteiger partial charge < -0.3 is 5.11 Å². The molecule has 0 amide bonds. The smallest absolute Gasteiger partial charge is 0.335 e. The normalized spacial score (nSPS) is 10.9. The van der Waals surface area contributed by atoms with Crippen molar-refractivity contribution in [2.75, 3.05) is 4.72 Å². The zero-order valence-corrected chi connectivity index (χ0v) is 10.5. The van der Waals surface area contributed by atoms with Gasteiger partial charge in [-0.15, -0.1) is 0 Å². The van der Waals surface area contributed by atoms with Gasteiger partial charge in [-0.2, -0.15) is 0 Å². The molecule has 2 rings (SSSR count). The second-order valence-corrected chi connectivity index (χ2v) is 5.41. The van der Waals surface area contributed by atoms with Crippen molar-refractivity contribution in [2.24, 2.45) is 0 Å². The Morgan fingerprint density at radius 1 is 1.05 bits per heavy atom. The van der Waals surface area contributed by atoms with Gasteiger partial charge in [0.2, 0.25) is 0 Å². The van der Waals surface area contributed by atoms with E-state index in [4.69, 9.17) is 5.11 Å². The maximum Gasteiger partial charge on any atom is 0.335 e. The highest BCUT2D eigenvalue weighted by atomic mass is 32.2. The molecule has 0 bridgehead atoms. The van der Waals surface area contributed by atoms with Gasteiger partial charge in [0, 0.05) is 5.69 Å². The SMILES string of the molecule is O=C(O)c1ccc(NS(=O)(=O)c2cc[c]cc2)cc1. The van der Waals surface area contributed by atoms with Crippen molar-refractivity contribution in [1.29, 1.82) is 0 Å². The van der Waals surface area contributed by atoms with Crippen LogP contribution < -0.4 is 4.72 Å². The molecule has 0 atom stereocenters. The first-order chi connectivity index (χ1) is 8.99. The number of sulfonamides is 1. The predicted molar refractivity (Wildman–Crippen MR) is 69.5 cm³/mol. The van der Waals surface area contributed by atoms with Crippen molar-refractivity contribution in [1.82, 2.24) is 0 Å². The molecule has 0 aliphatic heterocycles. The molecule has 97 valence electrons. The zero-order valence-electron chi connectivity index (χ0n) is 9.70.